The maximum atomic E-state index is 13.4. The van der Waals surface area contributed by atoms with E-state index in [0.29, 0.717) is 18.7 Å². The number of hydrogen-bond donors (Lipinski definition) is 1. The fourth-order valence-corrected chi connectivity index (χ4v) is 3.70. The minimum absolute atomic E-state index is 0.165. The van der Waals surface area contributed by atoms with Crippen LogP contribution in [0.3, 0.4) is 0 Å². The molecule has 1 fully saturated rings. The first-order valence-corrected chi connectivity index (χ1v) is 9.71. The van der Waals surface area contributed by atoms with E-state index in [9.17, 15) is 22.4 Å². The molecule has 0 aromatic heterocycles. The summed E-state index contributed by atoms with van der Waals surface area (Å²) in [7, 11) is 0. The van der Waals surface area contributed by atoms with Gasteiger partial charge in [0.1, 0.15) is 5.82 Å². The summed E-state index contributed by atoms with van der Waals surface area (Å²) in [5, 5.41) is 2.97. The highest BCUT2D eigenvalue weighted by atomic mass is 35.5. The van der Waals surface area contributed by atoms with Crippen LogP contribution in [0.4, 0.5) is 17.6 Å². The third-order valence-electron chi connectivity index (χ3n) is 5.04. The topological polar surface area (TPSA) is 32.3 Å². The molecule has 0 radical (unpaired) electrons. The molecule has 0 atom stereocenters. The van der Waals surface area contributed by atoms with Crippen LogP contribution in [0.1, 0.15) is 34.3 Å². The second kappa shape index (κ2) is 9.13. The Bertz CT molecular complexity index is 844. The van der Waals surface area contributed by atoms with Crippen LogP contribution >= 0.6 is 11.6 Å². The fraction of sp³-hybridized carbons (Fsp3) is 0.381. The first kappa shape index (κ1) is 21.6. The van der Waals surface area contributed by atoms with E-state index in [0.717, 1.165) is 44.1 Å². The number of carbonyl (C=O) groups is 1. The zero-order valence-electron chi connectivity index (χ0n) is 15.6. The lowest BCUT2D eigenvalue weighted by molar-refractivity contribution is -0.137. The molecule has 0 aliphatic carbocycles. The van der Waals surface area contributed by atoms with E-state index >= 15 is 0 Å². The maximum absolute atomic E-state index is 13.4. The number of nitrogens with zero attached hydrogens (tertiary/aromatic N) is 1. The number of rotatable bonds is 5. The monoisotopic (exact) mass is 428 g/mol. The maximum Gasteiger partial charge on any atom is 0.416 e. The van der Waals surface area contributed by atoms with Gasteiger partial charge < -0.3 is 5.32 Å². The summed E-state index contributed by atoms with van der Waals surface area (Å²) in [5.74, 6) is -0.677. The van der Waals surface area contributed by atoms with Gasteiger partial charge in [-0.1, -0.05) is 29.8 Å². The van der Waals surface area contributed by atoms with Crippen molar-refractivity contribution < 1.29 is 22.4 Å². The van der Waals surface area contributed by atoms with Gasteiger partial charge in [-0.15, -0.1) is 0 Å². The molecule has 3 nitrogen and oxygen atoms in total. The van der Waals surface area contributed by atoms with Gasteiger partial charge in [0, 0.05) is 23.7 Å². The van der Waals surface area contributed by atoms with Crippen molar-refractivity contribution in [3.05, 3.63) is 70.0 Å². The fourth-order valence-electron chi connectivity index (χ4n) is 3.48. The van der Waals surface area contributed by atoms with Crippen molar-refractivity contribution in [2.75, 3.05) is 19.6 Å². The largest absolute Gasteiger partial charge is 0.416 e. The van der Waals surface area contributed by atoms with Gasteiger partial charge in [0.2, 0.25) is 0 Å². The van der Waals surface area contributed by atoms with Gasteiger partial charge in [-0.3, -0.25) is 9.69 Å². The van der Waals surface area contributed by atoms with Gasteiger partial charge in [-0.25, -0.2) is 4.39 Å². The number of alkyl halides is 3. The van der Waals surface area contributed by atoms with Crippen molar-refractivity contribution in [2.45, 2.75) is 25.6 Å². The third-order valence-corrected chi connectivity index (χ3v) is 5.26. The summed E-state index contributed by atoms with van der Waals surface area (Å²) in [4.78, 5) is 14.3. The lowest BCUT2D eigenvalue weighted by Gasteiger charge is -2.32. The number of halogens is 5. The molecule has 0 bridgehead atoms. The zero-order valence-corrected chi connectivity index (χ0v) is 16.4. The Hall–Kier alpha value is -2.12. The Morgan fingerprint density at radius 1 is 1.14 bits per heavy atom. The molecule has 1 N–H and O–H groups in total. The molecule has 8 heteroatoms. The van der Waals surface area contributed by atoms with Crippen molar-refractivity contribution in [1.29, 1.82) is 0 Å². The van der Waals surface area contributed by atoms with Crippen LogP contribution in [-0.2, 0) is 12.7 Å². The first-order valence-electron chi connectivity index (χ1n) is 9.33. The quantitative estimate of drug-likeness (QED) is 0.669. The van der Waals surface area contributed by atoms with Crippen molar-refractivity contribution in [3.8, 4) is 0 Å². The number of hydrogen-bond acceptors (Lipinski definition) is 2. The highest BCUT2D eigenvalue weighted by Crippen LogP contribution is 2.30. The molecule has 2 aromatic rings. The van der Waals surface area contributed by atoms with E-state index in [2.05, 4.69) is 10.2 Å². The average Bonchev–Trinajstić information content (AvgIpc) is 2.66. The van der Waals surface area contributed by atoms with Crippen molar-refractivity contribution in [2.24, 2.45) is 5.92 Å². The summed E-state index contributed by atoms with van der Waals surface area (Å²) < 4.78 is 51.9. The highest BCUT2D eigenvalue weighted by molar-refractivity contribution is 6.31. The predicted octanol–water partition coefficient (Wildman–Crippen LogP) is 5.14. The lowest BCUT2D eigenvalue weighted by atomic mass is 9.96. The van der Waals surface area contributed by atoms with Gasteiger partial charge in [-0.2, -0.15) is 13.2 Å². The van der Waals surface area contributed by atoms with Gasteiger partial charge in [-0.05, 0) is 61.7 Å². The van der Waals surface area contributed by atoms with E-state index in [1.54, 1.807) is 6.07 Å². The molecular weight excluding hydrogens is 408 g/mol. The van der Waals surface area contributed by atoms with E-state index in [4.69, 9.17) is 11.6 Å². The summed E-state index contributed by atoms with van der Waals surface area (Å²) in [6.45, 7) is 2.40. The number of benzene rings is 2. The van der Waals surface area contributed by atoms with Gasteiger partial charge >= 0.3 is 6.18 Å². The second-order valence-electron chi connectivity index (χ2n) is 7.29. The highest BCUT2D eigenvalue weighted by Gasteiger charge is 2.30. The molecule has 0 saturated carbocycles. The lowest BCUT2D eigenvalue weighted by Crippen LogP contribution is -2.38. The summed E-state index contributed by atoms with van der Waals surface area (Å²) in [5.41, 5.74) is 0.177. The molecular formula is C21H21ClF4N2O. The first-order chi connectivity index (χ1) is 13.7. The van der Waals surface area contributed by atoms with Crippen LogP contribution in [0.15, 0.2) is 42.5 Å². The van der Waals surface area contributed by atoms with E-state index in [-0.39, 0.29) is 22.4 Å². The number of nitrogens with one attached hydrogen (secondary N) is 1. The molecule has 3 rings (SSSR count). The molecule has 1 aliphatic heterocycles. The minimum atomic E-state index is -4.34. The summed E-state index contributed by atoms with van der Waals surface area (Å²) in [6.07, 6.45) is -2.70. The molecule has 1 saturated heterocycles. The molecule has 0 spiro atoms. The van der Waals surface area contributed by atoms with Crippen LogP contribution in [-0.4, -0.2) is 30.4 Å². The number of carbonyl (C=O) groups excluding carboxylic acids is 1. The molecule has 156 valence electrons. The Morgan fingerprint density at radius 2 is 1.86 bits per heavy atom. The predicted molar refractivity (Wildman–Crippen MR) is 103 cm³/mol. The standard InChI is InChI=1S/C21H21ClF4N2O/c22-18-9-16(10-19(23)11-18)20(29)27-12-14-4-6-28(7-5-14)13-15-2-1-3-17(8-15)21(24,25)26/h1-3,8-11,14H,4-7,12-13H2,(H,27,29). The van der Waals surface area contributed by atoms with Crippen molar-refractivity contribution >= 4 is 17.5 Å². The third kappa shape index (κ3) is 6.18. The molecule has 2 aromatic carbocycles. The number of piperidine rings is 1. The van der Waals surface area contributed by atoms with Gasteiger partial charge in [0.25, 0.3) is 5.91 Å². The van der Waals surface area contributed by atoms with Crippen LogP contribution in [0.5, 0.6) is 0 Å². The second-order valence-corrected chi connectivity index (χ2v) is 7.72. The molecule has 1 heterocycles. The van der Waals surface area contributed by atoms with E-state index in [1.807, 2.05) is 0 Å². The SMILES string of the molecule is O=C(NCC1CCN(Cc2cccc(C(F)(F)F)c2)CC1)c1cc(F)cc(Cl)c1. The summed E-state index contributed by atoms with van der Waals surface area (Å²) in [6, 6.07) is 9.08. The zero-order chi connectivity index (χ0) is 21.0. The van der Waals surface area contributed by atoms with Gasteiger partial charge in [0.05, 0.1) is 5.56 Å². The number of likely N-dealkylation sites (tertiary alicyclic amines) is 1. The van der Waals surface area contributed by atoms with E-state index < -0.39 is 17.6 Å². The Kier molecular flexibility index (Phi) is 6.80. The van der Waals surface area contributed by atoms with Gasteiger partial charge in [0.15, 0.2) is 0 Å². The van der Waals surface area contributed by atoms with Crippen LogP contribution < -0.4 is 5.32 Å². The molecule has 1 aliphatic rings. The Morgan fingerprint density at radius 3 is 2.52 bits per heavy atom. The molecule has 1 amide bonds. The van der Waals surface area contributed by atoms with Crippen molar-refractivity contribution in [1.82, 2.24) is 10.2 Å². The van der Waals surface area contributed by atoms with Crippen LogP contribution in [0.25, 0.3) is 0 Å². The summed E-state index contributed by atoms with van der Waals surface area (Å²) >= 11 is 5.77. The van der Waals surface area contributed by atoms with Crippen molar-refractivity contribution in [3.63, 3.8) is 0 Å². The molecule has 0 unspecified atom stereocenters. The smallest absolute Gasteiger partial charge is 0.352 e. The van der Waals surface area contributed by atoms with Crippen LogP contribution in [0, 0.1) is 11.7 Å². The molecule has 29 heavy (non-hydrogen) atoms. The normalized spacial score (nSPS) is 16.0. The Labute approximate surface area is 171 Å². The minimum Gasteiger partial charge on any atom is -0.352 e. The number of amides is 1. The Balaban J connectivity index is 1.46. The van der Waals surface area contributed by atoms with Crippen LogP contribution in [0.2, 0.25) is 5.02 Å². The average molecular weight is 429 g/mol. The van der Waals surface area contributed by atoms with E-state index in [1.165, 1.54) is 18.2 Å².